The highest BCUT2D eigenvalue weighted by molar-refractivity contribution is 4.95. The number of hydrogen-bond donors (Lipinski definition) is 2. The van der Waals surface area contributed by atoms with Gasteiger partial charge < -0.3 is 10.3 Å². The average molecular weight is 175 g/mol. The molecular weight excluding hydrogens is 154 g/mol. The zero-order chi connectivity index (χ0) is 9.99. The van der Waals surface area contributed by atoms with Gasteiger partial charge in [-0.05, 0) is 40.5 Å². The lowest BCUT2D eigenvalue weighted by Crippen LogP contribution is -2.45. The standard InChI is InChI=1S/C8H17NO.CH4O/c1-7(2)5-6-8(3,4)9(7)10;1-2/h10H,5-6H2,1-4H3;2H,1H3. The number of aliphatic hydroxyl groups excluding tert-OH is 1. The Morgan fingerprint density at radius 3 is 1.25 bits per heavy atom. The lowest BCUT2D eigenvalue weighted by molar-refractivity contribution is -0.191. The molecule has 1 fully saturated rings. The van der Waals surface area contributed by atoms with E-state index in [1.54, 1.807) is 0 Å². The second-order valence-electron chi connectivity index (χ2n) is 4.44. The van der Waals surface area contributed by atoms with E-state index in [4.69, 9.17) is 5.11 Å². The molecule has 3 nitrogen and oxygen atoms in total. The van der Waals surface area contributed by atoms with E-state index in [-0.39, 0.29) is 11.1 Å². The van der Waals surface area contributed by atoms with Gasteiger partial charge in [-0.2, -0.15) is 5.06 Å². The molecule has 0 saturated carbocycles. The molecule has 1 aliphatic rings. The summed E-state index contributed by atoms with van der Waals surface area (Å²) in [7, 11) is 1.00. The van der Waals surface area contributed by atoms with E-state index in [0.717, 1.165) is 20.0 Å². The van der Waals surface area contributed by atoms with E-state index in [9.17, 15) is 5.21 Å². The van der Waals surface area contributed by atoms with E-state index >= 15 is 0 Å². The third kappa shape index (κ3) is 2.19. The molecule has 1 heterocycles. The van der Waals surface area contributed by atoms with Gasteiger partial charge in [-0.1, -0.05) is 0 Å². The summed E-state index contributed by atoms with van der Waals surface area (Å²) in [6, 6.07) is 0. The third-order valence-corrected chi connectivity index (χ3v) is 2.50. The van der Waals surface area contributed by atoms with Gasteiger partial charge in [0.25, 0.3) is 0 Å². The first-order chi connectivity index (χ1) is 5.36. The van der Waals surface area contributed by atoms with Crippen molar-refractivity contribution in [3.8, 4) is 0 Å². The maximum atomic E-state index is 9.62. The summed E-state index contributed by atoms with van der Waals surface area (Å²) < 4.78 is 0. The molecule has 0 unspecified atom stereocenters. The van der Waals surface area contributed by atoms with Crippen molar-refractivity contribution in [1.82, 2.24) is 5.06 Å². The van der Waals surface area contributed by atoms with Crippen molar-refractivity contribution in [2.45, 2.75) is 51.6 Å². The molecule has 0 amide bonds. The van der Waals surface area contributed by atoms with Gasteiger partial charge in [0, 0.05) is 18.2 Å². The van der Waals surface area contributed by atoms with Crippen molar-refractivity contribution >= 4 is 0 Å². The molecular formula is C9H21NO2. The highest BCUT2D eigenvalue weighted by Crippen LogP contribution is 2.38. The molecule has 2 N–H and O–H groups in total. The van der Waals surface area contributed by atoms with Crippen LogP contribution in [0.25, 0.3) is 0 Å². The minimum atomic E-state index is -0.0243. The Balaban J connectivity index is 0.000000561. The largest absolute Gasteiger partial charge is 0.400 e. The van der Waals surface area contributed by atoms with Crippen LogP contribution in [-0.4, -0.2) is 33.6 Å². The summed E-state index contributed by atoms with van der Waals surface area (Å²) in [5, 5.41) is 18.1. The van der Waals surface area contributed by atoms with Gasteiger partial charge in [0.05, 0.1) is 0 Å². The molecule has 0 aromatic heterocycles. The molecule has 0 aromatic rings. The van der Waals surface area contributed by atoms with Crippen LogP contribution >= 0.6 is 0 Å². The van der Waals surface area contributed by atoms with Crippen molar-refractivity contribution < 1.29 is 10.3 Å². The minimum absolute atomic E-state index is 0.0243. The predicted octanol–water partition coefficient (Wildman–Crippen LogP) is 1.64. The van der Waals surface area contributed by atoms with E-state index in [0.29, 0.717) is 0 Å². The Morgan fingerprint density at radius 1 is 0.917 bits per heavy atom. The molecule has 1 saturated heterocycles. The Bertz CT molecular complexity index is 127. The first-order valence-electron chi connectivity index (χ1n) is 4.30. The quantitative estimate of drug-likeness (QED) is 0.588. The first kappa shape index (κ1) is 11.9. The Kier molecular flexibility index (Phi) is 3.69. The maximum absolute atomic E-state index is 9.62. The summed E-state index contributed by atoms with van der Waals surface area (Å²) in [5.41, 5.74) is -0.0486. The van der Waals surface area contributed by atoms with Crippen LogP contribution in [0.3, 0.4) is 0 Å². The van der Waals surface area contributed by atoms with Crippen LogP contribution in [-0.2, 0) is 0 Å². The van der Waals surface area contributed by atoms with E-state index in [2.05, 4.69) is 27.7 Å². The van der Waals surface area contributed by atoms with Crippen molar-refractivity contribution in [2.75, 3.05) is 7.11 Å². The second-order valence-corrected chi connectivity index (χ2v) is 4.44. The summed E-state index contributed by atoms with van der Waals surface area (Å²) in [6.45, 7) is 8.28. The van der Waals surface area contributed by atoms with E-state index < -0.39 is 0 Å². The zero-order valence-electron chi connectivity index (χ0n) is 8.76. The summed E-state index contributed by atoms with van der Waals surface area (Å²) in [4.78, 5) is 0. The monoisotopic (exact) mass is 175 g/mol. The zero-order valence-corrected chi connectivity index (χ0v) is 8.76. The Morgan fingerprint density at radius 2 is 1.17 bits per heavy atom. The number of hydroxylamine groups is 2. The molecule has 0 aliphatic carbocycles. The molecule has 74 valence electrons. The molecule has 0 spiro atoms. The van der Waals surface area contributed by atoms with Gasteiger partial charge in [-0.25, -0.2) is 0 Å². The molecule has 12 heavy (non-hydrogen) atoms. The Labute approximate surface area is 75.0 Å². The average Bonchev–Trinajstić information content (AvgIpc) is 2.19. The number of aliphatic hydroxyl groups is 1. The summed E-state index contributed by atoms with van der Waals surface area (Å²) in [6.07, 6.45) is 2.16. The van der Waals surface area contributed by atoms with E-state index in [1.165, 1.54) is 5.06 Å². The lowest BCUT2D eigenvalue weighted by atomic mass is 10.0. The van der Waals surface area contributed by atoms with Gasteiger partial charge in [-0.15, -0.1) is 0 Å². The predicted molar refractivity (Wildman–Crippen MR) is 49.2 cm³/mol. The van der Waals surface area contributed by atoms with Crippen LogP contribution in [0.5, 0.6) is 0 Å². The van der Waals surface area contributed by atoms with Gasteiger partial charge >= 0.3 is 0 Å². The molecule has 0 aromatic carbocycles. The van der Waals surface area contributed by atoms with Gasteiger partial charge in [0.1, 0.15) is 0 Å². The van der Waals surface area contributed by atoms with Crippen LogP contribution in [0.4, 0.5) is 0 Å². The number of nitrogens with zero attached hydrogens (tertiary/aromatic N) is 1. The number of hydrogen-bond acceptors (Lipinski definition) is 3. The highest BCUT2D eigenvalue weighted by atomic mass is 16.5. The number of rotatable bonds is 0. The van der Waals surface area contributed by atoms with E-state index in [1.807, 2.05) is 0 Å². The second kappa shape index (κ2) is 3.73. The van der Waals surface area contributed by atoms with Crippen LogP contribution < -0.4 is 0 Å². The summed E-state index contributed by atoms with van der Waals surface area (Å²) >= 11 is 0. The van der Waals surface area contributed by atoms with Gasteiger partial charge in [0.2, 0.25) is 0 Å². The van der Waals surface area contributed by atoms with Crippen LogP contribution in [0.2, 0.25) is 0 Å². The smallest absolute Gasteiger partial charge is 0.0411 e. The molecule has 0 radical (unpaired) electrons. The van der Waals surface area contributed by atoms with Crippen molar-refractivity contribution in [1.29, 1.82) is 0 Å². The van der Waals surface area contributed by atoms with Crippen LogP contribution in [0.15, 0.2) is 0 Å². The molecule has 1 rings (SSSR count). The molecule has 0 atom stereocenters. The molecule has 0 bridgehead atoms. The molecule has 3 heteroatoms. The van der Waals surface area contributed by atoms with Gasteiger partial charge in [0.15, 0.2) is 0 Å². The normalized spacial score (nSPS) is 26.2. The van der Waals surface area contributed by atoms with Crippen molar-refractivity contribution in [3.63, 3.8) is 0 Å². The first-order valence-corrected chi connectivity index (χ1v) is 4.30. The third-order valence-electron chi connectivity index (χ3n) is 2.50. The van der Waals surface area contributed by atoms with Crippen LogP contribution in [0.1, 0.15) is 40.5 Å². The van der Waals surface area contributed by atoms with Crippen LogP contribution in [0, 0.1) is 0 Å². The Hall–Kier alpha value is -0.120. The summed E-state index contributed by atoms with van der Waals surface area (Å²) in [5.74, 6) is 0. The SMILES string of the molecule is CC1(C)CCC(C)(C)N1O.CO. The maximum Gasteiger partial charge on any atom is 0.0411 e. The fourth-order valence-corrected chi connectivity index (χ4v) is 1.64. The fourth-order valence-electron chi connectivity index (χ4n) is 1.64. The molecule has 1 aliphatic heterocycles. The highest BCUT2D eigenvalue weighted by Gasteiger charge is 2.43. The topological polar surface area (TPSA) is 43.7 Å². The van der Waals surface area contributed by atoms with Crippen molar-refractivity contribution in [2.24, 2.45) is 0 Å². The fraction of sp³-hybridized carbons (Fsp3) is 1.00. The van der Waals surface area contributed by atoms with Crippen molar-refractivity contribution in [3.05, 3.63) is 0 Å². The lowest BCUT2D eigenvalue weighted by Gasteiger charge is -2.34. The van der Waals surface area contributed by atoms with Gasteiger partial charge in [-0.3, -0.25) is 0 Å². The minimum Gasteiger partial charge on any atom is -0.400 e.